The third-order valence-electron chi connectivity index (χ3n) is 3.13. The fraction of sp³-hybridized carbons (Fsp3) is 0.769. The van der Waals surface area contributed by atoms with Crippen molar-refractivity contribution in [3.63, 3.8) is 0 Å². The van der Waals surface area contributed by atoms with Crippen molar-refractivity contribution in [2.45, 2.75) is 58.5 Å². The molecule has 0 aliphatic rings. The molecule has 0 radical (unpaired) electrons. The van der Waals surface area contributed by atoms with E-state index in [-0.39, 0.29) is 6.04 Å². The van der Waals surface area contributed by atoms with Gasteiger partial charge in [0.05, 0.1) is 11.4 Å². The molecular formula is C13H26N4O2S. The van der Waals surface area contributed by atoms with Crippen LogP contribution in [0.15, 0.2) is 4.90 Å². The molecule has 7 heteroatoms. The summed E-state index contributed by atoms with van der Waals surface area (Å²) in [6.07, 6.45) is 0.999. The first-order chi connectivity index (χ1) is 9.36. The molecule has 1 heterocycles. The Morgan fingerprint density at radius 3 is 2.50 bits per heavy atom. The van der Waals surface area contributed by atoms with Crippen molar-refractivity contribution < 1.29 is 8.42 Å². The fourth-order valence-corrected chi connectivity index (χ4v) is 4.22. The van der Waals surface area contributed by atoms with Gasteiger partial charge in [-0.1, -0.05) is 13.8 Å². The fourth-order valence-electron chi connectivity index (χ4n) is 2.24. The Morgan fingerprint density at radius 1 is 1.35 bits per heavy atom. The molecule has 0 unspecified atom stereocenters. The van der Waals surface area contributed by atoms with Crippen molar-refractivity contribution in [3.8, 4) is 0 Å². The van der Waals surface area contributed by atoms with E-state index >= 15 is 0 Å². The topological polar surface area (TPSA) is 78.1 Å². The Hall–Kier alpha value is -0.920. The van der Waals surface area contributed by atoms with Crippen LogP contribution in [-0.2, 0) is 16.6 Å². The smallest absolute Gasteiger partial charge is 0.247 e. The van der Waals surface area contributed by atoms with Crippen LogP contribution in [0.2, 0.25) is 0 Å². The second-order valence-electron chi connectivity index (χ2n) is 5.10. The molecule has 0 atom stereocenters. The largest absolute Gasteiger partial charge is 0.311 e. The molecular weight excluding hydrogens is 276 g/mol. The lowest BCUT2D eigenvalue weighted by molar-refractivity contribution is 0.368. The normalized spacial score (nSPS) is 12.6. The maximum absolute atomic E-state index is 12.8. The van der Waals surface area contributed by atoms with Crippen LogP contribution in [0.3, 0.4) is 0 Å². The van der Waals surface area contributed by atoms with Crippen molar-refractivity contribution >= 4 is 10.0 Å². The van der Waals surface area contributed by atoms with Crippen molar-refractivity contribution in [3.05, 3.63) is 11.4 Å². The zero-order chi connectivity index (χ0) is 15.3. The van der Waals surface area contributed by atoms with Gasteiger partial charge in [-0.25, -0.2) is 8.42 Å². The van der Waals surface area contributed by atoms with Crippen molar-refractivity contribution in [1.82, 2.24) is 19.8 Å². The number of rotatable bonds is 8. The zero-order valence-corrected chi connectivity index (χ0v) is 13.8. The first kappa shape index (κ1) is 17.1. The van der Waals surface area contributed by atoms with E-state index in [9.17, 15) is 8.42 Å². The molecule has 0 amide bonds. The Kier molecular flexibility index (Phi) is 6.16. The molecule has 0 saturated carbocycles. The van der Waals surface area contributed by atoms with Gasteiger partial charge in [0, 0.05) is 19.1 Å². The lowest BCUT2D eigenvalue weighted by Gasteiger charge is -2.24. The number of H-pyrrole nitrogens is 1. The van der Waals surface area contributed by atoms with Crippen LogP contribution in [0.4, 0.5) is 0 Å². The van der Waals surface area contributed by atoms with Gasteiger partial charge in [0.15, 0.2) is 0 Å². The van der Waals surface area contributed by atoms with Crippen LogP contribution in [0.25, 0.3) is 0 Å². The molecule has 0 spiro atoms. The van der Waals surface area contributed by atoms with Crippen LogP contribution in [0.5, 0.6) is 0 Å². The van der Waals surface area contributed by atoms with Gasteiger partial charge in [-0.3, -0.25) is 5.10 Å². The summed E-state index contributed by atoms with van der Waals surface area (Å²) in [6.45, 7) is 11.2. The van der Waals surface area contributed by atoms with E-state index < -0.39 is 10.0 Å². The molecule has 116 valence electrons. The lowest BCUT2D eigenvalue weighted by atomic mass is 10.3. The highest BCUT2D eigenvalue weighted by Crippen LogP contribution is 2.23. The first-order valence-electron chi connectivity index (χ1n) is 7.12. The third-order valence-corrected chi connectivity index (χ3v) is 5.49. The van der Waals surface area contributed by atoms with Crippen molar-refractivity contribution in [2.24, 2.45) is 0 Å². The Balaban J connectivity index is 3.14. The second kappa shape index (κ2) is 7.19. The van der Waals surface area contributed by atoms with Crippen LogP contribution in [-0.4, -0.2) is 42.1 Å². The number of sulfonamides is 1. The summed E-state index contributed by atoms with van der Waals surface area (Å²) in [5.74, 6) is 0. The minimum Gasteiger partial charge on any atom is -0.311 e. The van der Waals surface area contributed by atoms with E-state index in [1.807, 2.05) is 20.8 Å². The molecule has 0 aliphatic heterocycles. The summed E-state index contributed by atoms with van der Waals surface area (Å²) in [5.41, 5.74) is 1.16. The predicted octanol–water partition coefficient (Wildman–Crippen LogP) is 1.64. The van der Waals surface area contributed by atoms with E-state index in [0.29, 0.717) is 29.4 Å². The van der Waals surface area contributed by atoms with Crippen LogP contribution >= 0.6 is 0 Å². The van der Waals surface area contributed by atoms with E-state index in [2.05, 4.69) is 22.4 Å². The molecule has 0 fully saturated rings. The predicted molar refractivity (Wildman–Crippen MR) is 80.0 cm³/mol. The van der Waals surface area contributed by atoms with E-state index in [4.69, 9.17) is 0 Å². The lowest BCUT2D eigenvalue weighted by Crippen LogP contribution is -2.37. The van der Waals surface area contributed by atoms with Gasteiger partial charge >= 0.3 is 0 Å². The minimum absolute atomic E-state index is 0.0734. The van der Waals surface area contributed by atoms with Crippen LogP contribution in [0, 0.1) is 6.92 Å². The van der Waals surface area contributed by atoms with Crippen LogP contribution in [0.1, 0.15) is 45.5 Å². The van der Waals surface area contributed by atoms with Crippen molar-refractivity contribution in [2.75, 3.05) is 13.1 Å². The minimum atomic E-state index is -3.51. The molecule has 0 bridgehead atoms. The zero-order valence-electron chi connectivity index (χ0n) is 13.0. The van der Waals surface area contributed by atoms with Gasteiger partial charge in [-0.05, 0) is 33.7 Å². The van der Waals surface area contributed by atoms with Crippen molar-refractivity contribution in [1.29, 1.82) is 0 Å². The molecule has 6 nitrogen and oxygen atoms in total. The summed E-state index contributed by atoms with van der Waals surface area (Å²) in [5, 5.41) is 10.1. The number of aromatic amines is 1. The van der Waals surface area contributed by atoms with Gasteiger partial charge in [-0.15, -0.1) is 0 Å². The molecule has 0 aliphatic carbocycles. The maximum Gasteiger partial charge on any atom is 0.247 e. The van der Waals surface area contributed by atoms with Gasteiger partial charge in [-0.2, -0.15) is 9.40 Å². The molecule has 1 aromatic heterocycles. The quantitative estimate of drug-likeness (QED) is 0.716. The van der Waals surface area contributed by atoms with E-state index in [0.717, 1.165) is 13.0 Å². The number of aryl methyl sites for hydroxylation is 1. The molecule has 20 heavy (non-hydrogen) atoms. The average molecular weight is 302 g/mol. The van der Waals surface area contributed by atoms with Crippen LogP contribution < -0.4 is 5.32 Å². The highest BCUT2D eigenvalue weighted by atomic mass is 32.2. The molecule has 0 aromatic carbocycles. The van der Waals surface area contributed by atoms with Gasteiger partial charge in [0.1, 0.15) is 4.90 Å². The van der Waals surface area contributed by atoms with E-state index in [1.165, 1.54) is 4.31 Å². The number of hydrogen-bond acceptors (Lipinski definition) is 4. The SMILES string of the molecule is CCCNCc1n[nH]c(C)c1S(=O)(=O)N(CC)C(C)C. The van der Waals surface area contributed by atoms with Gasteiger partial charge in [0.25, 0.3) is 0 Å². The molecule has 0 saturated heterocycles. The second-order valence-corrected chi connectivity index (χ2v) is 6.93. The average Bonchev–Trinajstić information content (AvgIpc) is 2.71. The Morgan fingerprint density at radius 2 is 2.00 bits per heavy atom. The summed E-state index contributed by atoms with van der Waals surface area (Å²) in [4.78, 5) is 0.316. The summed E-state index contributed by atoms with van der Waals surface area (Å²) in [6, 6.07) is -0.0734. The highest BCUT2D eigenvalue weighted by Gasteiger charge is 2.31. The monoisotopic (exact) mass is 302 g/mol. The molecule has 1 aromatic rings. The number of aromatic nitrogens is 2. The third kappa shape index (κ3) is 3.59. The summed E-state index contributed by atoms with van der Waals surface area (Å²) < 4.78 is 27.1. The standard InChI is InChI=1S/C13H26N4O2S/c1-6-8-14-9-12-13(11(5)15-16-12)20(18,19)17(7-2)10(3)4/h10,14H,6-9H2,1-5H3,(H,15,16). The summed E-state index contributed by atoms with van der Waals surface area (Å²) in [7, 11) is -3.51. The van der Waals surface area contributed by atoms with Gasteiger partial charge in [0.2, 0.25) is 10.0 Å². The number of nitrogens with zero attached hydrogens (tertiary/aromatic N) is 2. The molecule has 2 N–H and O–H groups in total. The van der Waals surface area contributed by atoms with E-state index in [1.54, 1.807) is 6.92 Å². The van der Waals surface area contributed by atoms with Gasteiger partial charge < -0.3 is 5.32 Å². The maximum atomic E-state index is 12.8. The number of hydrogen-bond donors (Lipinski definition) is 2. The first-order valence-corrected chi connectivity index (χ1v) is 8.56. The Labute approximate surface area is 122 Å². The number of nitrogens with one attached hydrogen (secondary N) is 2. The summed E-state index contributed by atoms with van der Waals surface area (Å²) >= 11 is 0. The molecule has 1 rings (SSSR count). The highest BCUT2D eigenvalue weighted by molar-refractivity contribution is 7.89. The Bertz CT molecular complexity index is 522.